The Morgan fingerprint density at radius 1 is 1.22 bits per heavy atom. The van der Waals surface area contributed by atoms with Crippen LogP contribution in [0, 0.1) is 16.7 Å². The fraction of sp³-hybridized carbons (Fsp3) is 0.800. The molecule has 1 saturated heterocycles. The molecule has 3 heteroatoms. The number of hydrogen-bond donors (Lipinski definition) is 0. The monoisotopic (exact) mass is 248 g/mol. The molecule has 0 aromatic heterocycles. The minimum absolute atomic E-state index is 0.172. The van der Waals surface area contributed by atoms with Gasteiger partial charge in [0, 0.05) is 13.0 Å². The largest absolute Gasteiger partial charge is 0.427 e. The third kappa shape index (κ3) is 1.08. The topological polar surface area (TPSA) is 38.8 Å². The molecule has 1 spiro atoms. The summed E-state index contributed by atoms with van der Waals surface area (Å²) in [6, 6.07) is 0. The maximum Gasteiger partial charge on any atom is 0.333 e. The quantitative estimate of drug-likeness (QED) is 0.489. The van der Waals surface area contributed by atoms with Crippen LogP contribution in [0.5, 0.6) is 0 Å². The van der Waals surface area contributed by atoms with Crippen molar-refractivity contribution in [2.24, 2.45) is 16.7 Å². The summed E-state index contributed by atoms with van der Waals surface area (Å²) in [5.41, 5.74) is 1.30. The summed E-state index contributed by atoms with van der Waals surface area (Å²) in [5, 5.41) is 0. The van der Waals surface area contributed by atoms with E-state index in [4.69, 9.17) is 9.47 Å². The fourth-order valence-corrected chi connectivity index (χ4v) is 4.58. The number of fused-ring (bicyclic) bond motifs is 2. The van der Waals surface area contributed by atoms with E-state index in [1.807, 2.05) is 6.92 Å². The Morgan fingerprint density at radius 3 is 2.67 bits per heavy atom. The third-order valence-corrected chi connectivity index (χ3v) is 5.61. The number of esters is 1. The normalized spacial score (nSPS) is 55.2. The lowest BCUT2D eigenvalue weighted by Crippen LogP contribution is -2.38. The average Bonchev–Trinajstić information content (AvgIpc) is 2.98. The van der Waals surface area contributed by atoms with Gasteiger partial charge < -0.3 is 9.47 Å². The molecule has 4 aliphatic rings. The maximum absolute atomic E-state index is 11.8. The SMILES string of the molecule is CC1(C)C[C@H]2C[C@@]2(C)C2=CC(=O)O[C@@]3(C)O[C@@]23C1. The van der Waals surface area contributed by atoms with E-state index in [0.29, 0.717) is 5.92 Å². The Balaban J connectivity index is 1.89. The first-order valence-corrected chi connectivity index (χ1v) is 6.87. The second-order valence-electron chi connectivity index (χ2n) is 7.72. The van der Waals surface area contributed by atoms with E-state index in [2.05, 4.69) is 20.8 Å². The molecule has 0 radical (unpaired) electrons. The zero-order valence-electron chi connectivity index (χ0n) is 11.5. The highest BCUT2D eigenvalue weighted by atomic mass is 16.8. The van der Waals surface area contributed by atoms with Crippen molar-refractivity contribution >= 4 is 5.97 Å². The minimum Gasteiger partial charge on any atom is -0.427 e. The number of ether oxygens (including phenoxy) is 2. The fourth-order valence-electron chi connectivity index (χ4n) is 4.58. The molecule has 2 saturated carbocycles. The van der Waals surface area contributed by atoms with E-state index in [1.165, 1.54) is 18.4 Å². The minimum atomic E-state index is -0.702. The van der Waals surface area contributed by atoms with Crippen molar-refractivity contribution in [1.82, 2.24) is 0 Å². The second-order valence-corrected chi connectivity index (χ2v) is 7.72. The first-order valence-electron chi connectivity index (χ1n) is 6.87. The Morgan fingerprint density at radius 2 is 1.94 bits per heavy atom. The zero-order valence-corrected chi connectivity index (χ0v) is 11.5. The van der Waals surface area contributed by atoms with E-state index < -0.39 is 5.79 Å². The number of hydrogen-bond acceptors (Lipinski definition) is 3. The van der Waals surface area contributed by atoms with Gasteiger partial charge in [0.25, 0.3) is 0 Å². The van der Waals surface area contributed by atoms with E-state index >= 15 is 0 Å². The van der Waals surface area contributed by atoms with Crippen LogP contribution in [0.3, 0.4) is 0 Å². The van der Waals surface area contributed by atoms with Crippen LogP contribution in [0.15, 0.2) is 11.6 Å². The molecule has 2 aliphatic heterocycles. The van der Waals surface area contributed by atoms with Crippen LogP contribution in [-0.4, -0.2) is 17.4 Å². The first-order chi connectivity index (χ1) is 8.21. The van der Waals surface area contributed by atoms with E-state index in [9.17, 15) is 4.79 Å². The highest BCUT2D eigenvalue weighted by molar-refractivity contribution is 5.86. The molecule has 3 fully saturated rings. The van der Waals surface area contributed by atoms with Gasteiger partial charge in [-0.25, -0.2) is 4.79 Å². The molecule has 0 aromatic carbocycles. The lowest BCUT2D eigenvalue weighted by Gasteiger charge is -2.31. The molecule has 0 bridgehead atoms. The zero-order chi connectivity index (χ0) is 13.0. The summed E-state index contributed by atoms with van der Waals surface area (Å²) in [6.07, 6.45) is 5.09. The van der Waals surface area contributed by atoms with Gasteiger partial charge in [0.1, 0.15) is 0 Å². The predicted molar refractivity (Wildman–Crippen MR) is 65.6 cm³/mol. The summed E-state index contributed by atoms with van der Waals surface area (Å²) in [5.74, 6) is -0.226. The van der Waals surface area contributed by atoms with E-state index in [0.717, 1.165) is 6.42 Å². The highest BCUT2D eigenvalue weighted by Gasteiger charge is 2.80. The first kappa shape index (κ1) is 11.0. The molecule has 0 N–H and O–H groups in total. The van der Waals surface area contributed by atoms with Gasteiger partial charge in [0.15, 0.2) is 5.60 Å². The summed E-state index contributed by atoms with van der Waals surface area (Å²) in [6.45, 7) is 8.82. The van der Waals surface area contributed by atoms with Gasteiger partial charge in [-0.05, 0) is 41.6 Å². The van der Waals surface area contributed by atoms with Crippen molar-refractivity contribution in [3.8, 4) is 0 Å². The summed E-state index contributed by atoms with van der Waals surface area (Å²) in [7, 11) is 0. The standard InChI is InChI=1S/C15H20O3/c1-12(2)6-9-7-13(9,3)10-5-11(16)17-14(4)15(10,8-12)18-14/h5,9H,6-8H2,1-4H3/t9-,13+,14-,15-/m0/s1. The van der Waals surface area contributed by atoms with Gasteiger partial charge in [0.05, 0.1) is 0 Å². The Bertz CT molecular complexity index is 506. The van der Waals surface area contributed by atoms with Crippen LogP contribution >= 0.6 is 0 Å². The van der Waals surface area contributed by atoms with Crippen molar-refractivity contribution in [1.29, 1.82) is 0 Å². The maximum atomic E-state index is 11.8. The molecular weight excluding hydrogens is 228 g/mol. The van der Waals surface area contributed by atoms with Gasteiger partial charge in [-0.2, -0.15) is 0 Å². The Kier molecular flexibility index (Phi) is 1.57. The van der Waals surface area contributed by atoms with E-state index in [-0.39, 0.29) is 22.4 Å². The molecule has 2 heterocycles. The van der Waals surface area contributed by atoms with Crippen LogP contribution in [0.25, 0.3) is 0 Å². The molecule has 0 amide bonds. The molecule has 0 unspecified atom stereocenters. The van der Waals surface area contributed by atoms with Gasteiger partial charge in [-0.3, -0.25) is 0 Å². The molecule has 3 nitrogen and oxygen atoms in total. The van der Waals surface area contributed by atoms with Crippen molar-refractivity contribution < 1.29 is 14.3 Å². The molecule has 4 rings (SSSR count). The van der Waals surface area contributed by atoms with Crippen LogP contribution in [-0.2, 0) is 14.3 Å². The molecule has 18 heavy (non-hydrogen) atoms. The molecule has 4 atom stereocenters. The summed E-state index contributed by atoms with van der Waals surface area (Å²) >= 11 is 0. The molecule has 98 valence electrons. The van der Waals surface area contributed by atoms with E-state index in [1.54, 1.807) is 6.08 Å². The number of epoxide rings is 1. The summed E-state index contributed by atoms with van der Waals surface area (Å²) < 4.78 is 11.4. The van der Waals surface area contributed by atoms with Crippen LogP contribution in [0.2, 0.25) is 0 Å². The summed E-state index contributed by atoms with van der Waals surface area (Å²) in [4.78, 5) is 11.8. The van der Waals surface area contributed by atoms with Gasteiger partial charge in [-0.1, -0.05) is 20.8 Å². The number of rotatable bonds is 0. The number of carbonyl (C=O) groups is 1. The molecule has 2 aliphatic carbocycles. The van der Waals surface area contributed by atoms with Crippen molar-refractivity contribution in [3.05, 3.63) is 11.6 Å². The van der Waals surface area contributed by atoms with Crippen molar-refractivity contribution in [2.75, 3.05) is 0 Å². The smallest absolute Gasteiger partial charge is 0.333 e. The molecular formula is C15H20O3. The number of carbonyl (C=O) groups excluding carboxylic acids is 1. The van der Waals surface area contributed by atoms with Gasteiger partial charge >= 0.3 is 5.97 Å². The van der Waals surface area contributed by atoms with Crippen LogP contribution in [0.1, 0.15) is 47.0 Å². The van der Waals surface area contributed by atoms with Crippen molar-refractivity contribution in [2.45, 2.75) is 58.3 Å². The second kappa shape index (κ2) is 2.55. The van der Waals surface area contributed by atoms with Crippen molar-refractivity contribution in [3.63, 3.8) is 0 Å². The van der Waals surface area contributed by atoms with Gasteiger partial charge in [-0.15, -0.1) is 0 Å². The average molecular weight is 248 g/mol. The lowest BCUT2D eigenvalue weighted by molar-refractivity contribution is -0.151. The van der Waals surface area contributed by atoms with Crippen LogP contribution in [0.4, 0.5) is 0 Å². The Labute approximate surface area is 108 Å². The van der Waals surface area contributed by atoms with Gasteiger partial charge in [0.2, 0.25) is 5.79 Å². The predicted octanol–water partition coefficient (Wildman–Crippen LogP) is 2.80. The van der Waals surface area contributed by atoms with Crippen LogP contribution < -0.4 is 0 Å². The molecule has 0 aromatic rings. The lowest BCUT2D eigenvalue weighted by atomic mass is 9.74. The Hall–Kier alpha value is -0.830. The highest BCUT2D eigenvalue weighted by Crippen LogP contribution is 2.75. The third-order valence-electron chi connectivity index (χ3n) is 5.61.